The summed E-state index contributed by atoms with van der Waals surface area (Å²) in [5.74, 6) is 0.682. The van der Waals surface area contributed by atoms with Gasteiger partial charge in [0.05, 0.1) is 16.2 Å². The minimum atomic E-state index is -0.470. The summed E-state index contributed by atoms with van der Waals surface area (Å²) in [7, 11) is 0. The Morgan fingerprint density at radius 1 is 1.17 bits per heavy atom. The van der Waals surface area contributed by atoms with Crippen LogP contribution in [0, 0.1) is 10.1 Å². The van der Waals surface area contributed by atoms with Gasteiger partial charge in [-0.3, -0.25) is 14.9 Å². The van der Waals surface area contributed by atoms with Gasteiger partial charge in [-0.05, 0) is 31.2 Å². The summed E-state index contributed by atoms with van der Waals surface area (Å²) in [6.07, 6.45) is 0. The number of rotatable bonds is 5. The Kier molecular flexibility index (Phi) is 5.30. The molecule has 0 atom stereocenters. The number of amides is 1. The molecule has 3 aromatic rings. The van der Waals surface area contributed by atoms with E-state index < -0.39 is 4.92 Å². The largest absolute Gasteiger partial charge is 0.492 e. The van der Waals surface area contributed by atoms with Gasteiger partial charge in [0.1, 0.15) is 11.3 Å². The Labute approximate surface area is 171 Å². The van der Waals surface area contributed by atoms with Gasteiger partial charge in [-0.25, -0.2) is 4.98 Å². The van der Waals surface area contributed by atoms with E-state index in [-0.39, 0.29) is 11.6 Å². The zero-order valence-electron chi connectivity index (χ0n) is 15.9. The summed E-state index contributed by atoms with van der Waals surface area (Å²) in [6.45, 7) is 5.06. The van der Waals surface area contributed by atoms with Crippen molar-refractivity contribution in [3.05, 3.63) is 58.1 Å². The fourth-order valence-electron chi connectivity index (χ4n) is 3.33. The molecule has 0 spiro atoms. The van der Waals surface area contributed by atoms with Gasteiger partial charge >= 0.3 is 0 Å². The van der Waals surface area contributed by atoms with Crippen molar-refractivity contribution in [3.63, 3.8) is 0 Å². The zero-order valence-corrected chi connectivity index (χ0v) is 16.7. The predicted octanol–water partition coefficient (Wildman–Crippen LogP) is 3.57. The molecule has 29 heavy (non-hydrogen) atoms. The number of thiazole rings is 1. The molecule has 9 heteroatoms. The second-order valence-electron chi connectivity index (χ2n) is 6.62. The third-order valence-electron chi connectivity index (χ3n) is 4.83. The van der Waals surface area contributed by atoms with Crippen LogP contribution in [-0.2, 0) is 0 Å². The number of hydrogen-bond acceptors (Lipinski definition) is 7. The number of piperazine rings is 1. The maximum atomic E-state index is 12.7. The molecule has 1 aliphatic rings. The lowest BCUT2D eigenvalue weighted by atomic mass is 10.1. The van der Waals surface area contributed by atoms with Crippen LogP contribution in [0.2, 0.25) is 0 Å². The number of benzene rings is 2. The van der Waals surface area contributed by atoms with E-state index in [1.165, 1.54) is 24.3 Å². The third-order valence-corrected chi connectivity index (χ3v) is 5.91. The molecule has 2 heterocycles. The van der Waals surface area contributed by atoms with Gasteiger partial charge in [0.15, 0.2) is 5.13 Å². The minimum absolute atomic E-state index is 0.0198. The van der Waals surface area contributed by atoms with Crippen LogP contribution in [0.15, 0.2) is 42.5 Å². The molecule has 0 unspecified atom stereocenters. The molecule has 1 aromatic heterocycles. The predicted molar refractivity (Wildman–Crippen MR) is 112 cm³/mol. The Bertz CT molecular complexity index is 1040. The van der Waals surface area contributed by atoms with Crippen molar-refractivity contribution in [2.45, 2.75) is 6.92 Å². The molecule has 0 radical (unpaired) electrons. The van der Waals surface area contributed by atoms with E-state index in [0.717, 1.165) is 21.1 Å². The Hall–Kier alpha value is -3.20. The Balaban J connectivity index is 1.44. The molecule has 4 rings (SSSR count). The van der Waals surface area contributed by atoms with Crippen LogP contribution in [0.4, 0.5) is 10.8 Å². The molecule has 150 valence electrons. The van der Waals surface area contributed by atoms with Gasteiger partial charge in [0.25, 0.3) is 11.6 Å². The van der Waals surface area contributed by atoms with Gasteiger partial charge in [-0.1, -0.05) is 17.4 Å². The van der Waals surface area contributed by atoms with Crippen molar-refractivity contribution < 1.29 is 14.5 Å². The number of carbonyl (C=O) groups is 1. The molecule has 1 saturated heterocycles. The lowest BCUT2D eigenvalue weighted by Gasteiger charge is -2.34. The molecule has 1 amide bonds. The lowest BCUT2D eigenvalue weighted by Crippen LogP contribution is -2.48. The van der Waals surface area contributed by atoms with E-state index in [0.29, 0.717) is 38.3 Å². The average Bonchev–Trinajstić information content (AvgIpc) is 3.19. The number of aromatic nitrogens is 1. The minimum Gasteiger partial charge on any atom is -0.492 e. The number of non-ortho nitro benzene ring substituents is 1. The van der Waals surface area contributed by atoms with Gasteiger partial charge in [0, 0.05) is 43.9 Å². The smallest absolute Gasteiger partial charge is 0.269 e. The Morgan fingerprint density at radius 3 is 2.55 bits per heavy atom. The van der Waals surface area contributed by atoms with Crippen molar-refractivity contribution >= 4 is 38.3 Å². The highest BCUT2D eigenvalue weighted by Crippen LogP contribution is 2.34. The summed E-state index contributed by atoms with van der Waals surface area (Å²) in [5, 5.41) is 11.7. The summed E-state index contributed by atoms with van der Waals surface area (Å²) in [5.41, 5.74) is 1.32. The maximum absolute atomic E-state index is 12.7. The lowest BCUT2D eigenvalue weighted by molar-refractivity contribution is -0.384. The number of nitro benzene ring substituents is 1. The first-order chi connectivity index (χ1) is 14.1. The van der Waals surface area contributed by atoms with Gasteiger partial charge in [0.2, 0.25) is 0 Å². The number of nitro groups is 1. The number of nitrogens with zero attached hydrogens (tertiary/aromatic N) is 4. The highest BCUT2D eigenvalue weighted by atomic mass is 32.1. The SMILES string of the molecule is CCOc1cccc2sc(N3CCN(C(=O)c4ccc([N+](=O)[O-])cc4)CC3)nc12. The van der Waals surface area contributed by atoms with Crippen LogP contribution < -0.4 is 9.64 Å². The van der Waals surface area contributed by atoms with Gasteiger partial charge < -0.3 is 14.5 Å². The second kappa shape index (κ2) is 8.04. The Morgan fingerprint density at radius 2 is 1.90 bits per heavy atom. The van der Waals surface area contributed by atoms with Crippen molar-refractivity contribution in [2.24, 2.45) is 0 Å². The number of para-hydroxylation sites is 1. The zero-order chi connectivity index (χ0) is 20.4. The van der Waals surface area contributed by atoms with E-state index in [1.54, 1.807) is 16.2 Å². The number of fused-ring (bicyclic) bond motifs is 1. The molecule has 0 saturated carbocycles. The van der Waals surface area contributed by atoms with Crippen LogP contribution >= 0.6 is 11.3 Å². The fraction of sp³-hybridized carbons (Fsp3) is 0.300. The normalized spacial score (nSPS) is 14.2. The topological polar surface area (TPSA) is 88.8 Å². The van der Waals surface area contributed by atoms with Crippen LogP contribution in [0.1, 0.15) is 17.3 Å². The van der Waals surface area contributed by atoms with Gasteiger partial charge in [-0.2, -0.15) is 0 Å². The molecule has 2 aromatic carbocycles. The fourth-order valence-corrected chi connectivity index (χ4v) is 4.36. The van der Waals surface area contributed by atoms with E-state index in [2.05, 4.69) is 4.90 Å². The van der Waals surface area contributed by atoms with Crippen molar-refractivity contribution in [1.82, 2.24) is 9.88 Å². The summed E-state index contributed by atoms with van der Waals surface area (Å²) < 4.78 is 6.75. The highest BCUT2D eigenvalue weighted by Gasteiger charge is 2.24. The summed E-state index contributed by atoms with van der Waals surface area (Å²) >= 11 is 1.62. The summed E-state index contributed by atoms with van der Waals surface area (Å²) in [4.78, 5) is 31.7. The van der Waals surface area contributed by atoms with Crippen LogP contribution in [0.25, 0.3) is 10.2 Å². The third kappa shape index (κ3) is 3.86. The molecule has 0 aliphatic carbocycles. The second-order valence-corrected chi connectivity index (χ2v) is 7.62. The number of ether oxygens (including phenoxy) is 1. The van der Waals surface area contributed by atoms with Crippen molar-refractivity contribution in [1.29, 1.82) is 0 Å². The van der Waals surface area contributed by atoms with E-state index in [1.807, 2.05) is 25.1 Å². The number of anilines is 1. The van der Waals surface area contributed by atoms with Crippen LogP contribution in [0.3, 0.4) is 0 Å². The molecular formula is C20H20N4O4S. The maximum Gasteiger partial charge on any atom is 0.269 e. The van der Waals surface area contributed by atoms with E-state index in [9.17, 15) is 14.9 Å². The van der Waals surface area contributed by atoms with Crippen LogP contribution in [-0.4, -0.2) is 53.5 Å². The van der Waals surface area contributed by atoms with Crippen LogP contribution in [0.5, 0.6) is 5.75 Å². The summed E-state index contributed by atoms with van der Waals surface area (Å²) in [6, 6.07) is 11.7. The molecule has 0 bridgehead atoms. The first-order valence-corrected chi connectivity index (χ1v) is 10.2. The average molecular weight is 412 g/mol. The number of hydrogen-bond donors (Lipinski definition) is 0. The first-order valence-electron chi connectivity index (χ1n) is 9.38. The van der Waals surface area contributed by atoms with Gasteiger partial charge in [-0.15, -0.1) is 0 Å². The molecule has 1 aliphatic heterocycles. The van der Waals surface area contributed by atoms with E-state index in [4.69, 9.17) is 9.72 Å². The van der Waals surface area contributed by atoms with Crippen molar-refractivity contribution in [3.8, 4) is 5.75 Å². The first kappa shape index (κ1) is 19.1. The molecule has 0 N–H and O–H groups in total. The molecule has 1 fully saturated rings. The quantitative estimate of drug-likeness (QED) is 0.470. The highest BCUT2D eigenvalue weighted by molar-refractivity contribution is 7.22. The molecular weight excluding hydrogens is 392 g/mol. The standard InChI is InChI=1S/C20H20N4O4S/c1-2-28-16-4-3-5-17-18(16)21-20(29-17)23-12-10-22(11-13-23)19(25)14-6-8-15(9-7-14)24(26)27/h3-9H,2,10-13H2,1H3. The molecule has 8 nitrogen and oxygen atoms in total. The number of carbonyl (C=O) groups excluding carboxylic acids is 1. The van der Waals surface area contributed by atoms with E-state index >= 15 is 0 Å². The van der Waals surface area contributed by atoms with Crippen molar-refractivity contribution in [2.75, 3.05) is 37.7 Å². The monoisotopic (exact) mass is 412 g/mol.